The van der Waals surface area contributed by atoms with Gasteiger partial charge in [0, 0.05) is 36.9 Å². The molecule has 1 aliphatic carbocycles. The molecule has 2 aromatic rings. The zero-order valence-corrected chi connectivity index (χ0v) is 15.1. The number of aromatic nitrogens is 2. The molecule has 5 nitrogen and oxygen atoms in total. The molecular formula is C20H26N4O. The number of hydrogen-bond acceptors (Lipinski definition) is 3. The van der Waals surface area contributed by atoms with Gasteiger partial charge in [-0.15, -0.1) is 0 Å². The number of fused-ring (bicyclic) bond motifs is 1. The zero-order chi connectivity index (χ0) is 17.4. The van der Waals surface area contributed by atoms with Crippen LogP contribution in [0.1, 0.15) is 47.6 Å². The molecule has 2 aliphatic rings. The van der Waals surface area contributed by atoms with Gasteiger partial charge in [0.1, 0.15) is 0 Å². The zero-order valence-electron chi connectivity index (χ0n) is 15.1. The summed E-state index contributed by atoms with van der Waals surface area (Å²) in [5, 5.41) is 8.12. The summed E-state index contributed by atoms with van der Waals surface area (Å²) in [6, 6.07) is 8.75. The average Bonchev–Trinajstić information content (AvgIpc) is 3.24. The number of piperazine rings is 1. The highest BCUT2D eigenvalue weighted by molar-refractivity contribution is 5.94. The minimum absolute atomic E-state index is 0.0936. The minimum atomic E-state index is 0.0936. The van der Waals surface area contributed by atoms with E-state index in [0.29, 0.717) is 5.69 Å². The molecule has 1 N–H and O–H groups in total. The van der Waals surface area contributed by atoms with Gasteiger partial charge in [0.2, 0.25) is 0 Å². The Morgan fingerprint density at radius 1 is 1.28 bits per heavy atom. The molecule has 5 heteroatoms. The van der Waals surface area contributed by atoms with Crippen LogP contribution in [0.2, 0.25) is 0 Å². The largest absolute Gasteiger partial charge is 0.332 e. The molecule has 1 unspecified atom stereocenters. The second-order valence-electron chi connectivity index (χ2n) is 7.11. The Morgan fingerprint density at radius 2 is 2.08 bits per heavy atom. The lowest BCUT2D eigenvalue weighted by molar-refractivity contribution is 0.0648. The van der Waals surface area contributed by atoms with Gasteiger partial charge in [-0.25, -0.2) is 4.68 Å². The molecule has 0 spiro atoms. The Labute approximate surface area is 149 Å². The van der Waals surface area contributed by atoms with E-state index in [2.05, 4.69) is 43.4 Å². The van der Waals surface area contributed by atoms with E-state index in [1.54, 1.807) is 0 Å². The average molecular weight is 338 g/mol. The van der Waals surface area contributed by atoms with E-state index < -0.39 is 0 Å². The molecule has 1 amide bonds. The summed E-state index contributed by atoms with van der Waals surface area (Å²) < 4.78 is 2.00. The molecule has 1 fully saturated rings. The Bertz CT molecular complexity index is 778. The molecule has 0 bridgehead atoms. The first-order valence-corrected chi connectivity index (χ1v) is 9.40. The quantitative estimate of drug-likeness (QED) is 0.935. The lowest BCUT2D eigenvalue weighted by Crippen LogP contribution is -2.52. The van der Waals surface area contributed by atoms with E-state index in [1.807, 2.05) is 9.58 Å². The molecule has 25 heavy (non-hydrogen) atoms. The van der Waals surface area contributed by atoms with Crippen LogP contribution in [0.15, 0.2) is 24.3 Å². The van der Waals surface area contributed by atoms with E-state index in [-0.39, 0.29) is 11.9 Å². The summed E-state index contributed by atoms with van der Waals surface area (Å²) >= 11 is 0. The van der Waals surface area contributed by atoms with Crippen molar-refractivity contribution < 1.29 is 4.79 Å². The highest BCUT2D eigenvalue weighted by Gasteiger charge is 2.32. The third kappa shape index (κ3) is 2.86. The molecule has 0 saturated carbocycles. The number of rotatable bonds is 3. The van der Waals surface area contributed by atoms with Gasteiger partial charge in [0.25, 0.3) is 5.91 Å². The van der Waals surface area contributed by atoms with Crippen molar-refractivity contribution in [3.05, 3.63) is 46.8 Å². The molecule has 4 rings (SSSR count). The highest BCUT2D eigenvalue weighted by atomic mass is 16.2. The van der Waals surface area contributed by atoms with Crippen LogP contribution in [0.25, 0.3) is 5.69 Å². The van der Waals surface area contributed by atoms with Crippen molar-refractivity contribution in [3.63, 3.8) is 0 Å². The van der Waals surface area contributed by atoms with Crippen molar-refractivity contribution in [2.45, 2.75) is 45.6 Å². The van der Waals surface area contributed by atoms with Crippen LogP contribution in [-0.2, 0) is 19.3 Å². The van der Waals surface area contributed by atoms with Crippen molar-refractivity contribution in [1.29, 1.82) is 0 Å². The highest BCUT2D eigenvalue weighted by Crippen LogP contribution is 2.29. The summed E-state index contributed by atoms with van der Waals surface area (Å²) in [6.07, 6.45) is 4.10. The SMILES string of the molecule is CCc1ccc(-n2nc(C(=O)N3CCNCC3C)c3c2CCC3)cc1. The van der Waals surface area contributed by atoms with Gasteiger partial charge in [-0.2, -0.15) is 5.10 Å². The Balaban J connectivity index is 1.71. The topological polar surface area (TPSA) is 50.2 Å². The second kappa shape index (κ2) is 6.64. The maximum atomic E-state index is 13.1. The van der Waals surface area contributed by atoms with Crippen molar-refractivity contribution in [1.82, 2.24) is 20.0 Å². The van der Waals surface area contributed by atoms with E-state index in [9.17, 15) is 4.79 Å². The predicted octanol–water partition coefficient (Wildman–Crippen LogP) is 2.36. The number of hydrogen-bond donors (Lipinski definition) is 1. The second-order valence-corrected chi connectivity index (χ2v) is 7.11. The first-order valence-electron chi connectivity index (χ1n) is 9.40. The molecular weight excluding hydrogens is 312 g/mol. The van der Waals surface area contributed by atoms with Crippen LogP contribution in [0.4, 0.5) is 0 Å². The molecule has 1 aromatic heterocycles. The van der Waals surface area contributed by atoms with Crippen LogP contribution in [0.5, 0.6) is 0 Å². The Morgan fingerprint density at radius 3 is 2.80 bits per heavy atom. The normalized spacial score (nSPS) is 19.9. The van der Waals surface area contributed by atoms with Crippen molar-refractivity contribution in [2.75, 3.05) is 19.6 Å². The standard InChI is InChI=1S/C20H26N4O/c1-3-15-7-9-16(10-8-15)24-18-6-4-5-17(18)19(22-24)20(25)23-12-11-21-13-14(23)2/h7-10,14,21H,3-6,11-13H2,1-2H3. The van der Waals surface area contributed by atoms with E-state index in [0.717, 1.165) is 56.6 Å². The summed E-state index contributed by atoms with van der Waals surface area (Å²) in [7, 11) is 0. The summed E-state index contributed by atoms with van der Waals surface area (Å²) in [5.41, 5.74) is 5.42. The number of benzene rings is 1. The molecule has 2 heterocycles. The fourth-order valence-corrected chi connectivity index (χ4v) is 3.97. The smallest absolute Gasteiger partial charge is 0.274 e. The van der Waals surface area contributed by atoms with Crippen LogP contribution < -0.4 is 5.32 Å². The Hall–Kier alpha value is -2.14. The van der Waals surface area contributed by atoms with Gasteiger partial charge in [0.05, 0.1) is 5.69 Å². The monoisotopic (exact) mass is 338 g/mol. The molecule has 1 saturated heterocycles. The molecule has 0 radical (unpaired) electrons. The maximum absolute atomic E-state index is 13.1. The first kappa shape index (κ1) is 16.3. The lowest BCUT2D eigenvalue weighted by atomic mass is 10.1. The summed E-state index contributed by atoms with van der Waals surface area (Å²) in [5.74, 6) is 0.0936. The lowest BCUT2D eigenvalue weighted by Gasteiger charge is -2.33. The van der Waals surface area contributed by atoms with E-state index >= 15 is 0 Å². The first-order chi connectivity index (χ1) is 12.2. The van der Waals surface area contributed by atoms with Crippen molar-refractivity contribution in [3.8, 4) is 5.69 Å². The number of amides is 1. The minimum Gasteiger partial charge on any atom is -0.332 e. The van der Waals surface area contributed by atoms with Gasteiger partial charge in [-0.1, -0.05) is 19.1 Å². The molecule has 1 aromatic carbocycles. The summed E-state index contributed by atoms with van der Waals surface area (Å²) in [6.45, 7) is 6.73. The number of carbonyl (C=O) groups excluding carboxylic acids is 1. The van der Waals surface area contributed by atoms with Gasteiger partial charge < -0.3 is 10.2 Å². The maximum Gasteiger partial charge on any atom is 0.274 e. The van der Waals surface area contributed by atoms with E-state index in [1.165, 1.54) is 11.3 Å². The molecule has 132 valence electrons. The van der Waals surface area contributed by atoms with E-state index in [4.69, 9.17) is 5.10 Å². The van der Waals surface area contributed by atoms with Crippen molar-refractivity contribution >= 4 is 5.91 Å². The molecule has 1 aliphatic heterocycles. The van der Waals surface area contributed by atoms with Gasteiger partial charge in [-0.3, -0.25) is 4.79 Å². The van der Waals surface area contributed by atoms with Crippen LogP contribution in [0, 0.1) is 0 Å². The van der Waals surface area contributed by atoms with Gasteiger partial charge >= 0.3 is 0 Å². The van der Waals surface area contributed by atoms with Gasteiger partial charge in [0.15, 0.2) is 5.69 Å². The van der Waals surface area contributed by atoms with Gasteiger partial charge in [-0.05, 0) is 50.3 Å². The predicted molar refractivity (Wildman–Crippen MR) is 98.3 cm³/mol. The third-order valence-electron chi connectivity index (χ3n) is 5.48. The fraction of sp³-hybridized carbons (Fsp3) is 0.500. The van der Waals surface area contributed by atoms with Crippen molar-refractivity contribution in [2.24, 2.45) is 0 Å². The molecule has 1 atom stereocenters. The number of nitrogens with zero attached hydrogens (tertiary/aromatic N) is 3. The number of carbonyl (C=O) groups is 1. The third-order valence-corrected chi connectivity index (χ3v) is 5.48. The fourth-order valence-electron chi connectivity index (χ4n) is 3.97. The Kier molecular flexibility index (Phi) is 4.34. The number of aryl methyl sites for hydroxylation is 1. The number of nitrogens with one attached hydrogen (secondary N) is 1. The summed E-state index contributed by atoms with van der Waals surface area (Å²) in [4.78, 5) is 15.1. The van der Waals surface area contributed by atoms with Crippen LogP contribution in [0.3, 0.4) is 0 Å². The van der Waals surface area contributed by atoms with Crippen LogP contribution >= 0.6 is 0 Å². The van der Waals surface area contributed by atoms with Crippen LogP contribution in [-0.4, -0.2) is 46.3 Å².